The number of hydrogen-bond donors (Lipinski definition) is 1. The second-order valence-corrected chi connectivity index (χ2v) is 9.54. The normalized spacial score (nSPS) is 23.1. The molecule has 7 heteroatoms. The van der Waals surface area contributed by atoms with Crippen LogP contribution in [0.25, 0.3) is 0 Å². The van der Waals surface area contributed by atoms with Crippen LogP contribution in [0.1, 0.15) is 42.3 Å². The van der Waals surface area contributed by atoms with Crippen LogP contribution in [-0.4, -0.2) is 45.3 Å². The van der Waals surface area contributed by atoms with Crippen LogP contribution < -0.4 is 5.32 Å². The Balaban J connectivity index is 1.62. The summed E-state index contributed by atoms with van der Waals surface area (Å²) in [6.07, 6.45) is 4.64. The van der Waals surface area contributed by atoms with Crippen molar-refractivity contribution in [1.29, 1.82) is 0 Å². The largest absolute Gasteiger partial charge is 0.342 e. The van der Waals surface area contributed by atoms with Gasteiger partial charge in [-0.2, -0.15) is 0 Å². The summed E-state index contributed by atoms with van der Waals surface area (Å²) in [5, 5.41) is 3.86. The van der Waals surface area contributed by atoms with E-state index in [9.17, 15) is 9.59 Å². The first-order valence-corrected chi connectivity index (χ1v) is 9.84. The molecule has 0 aromatic carbocycles. The fourth-order valence-corrected chi connectivity index (χ4v) is 5.09. The van der Waals surface area contributed by atoms with E-state index in [0.29, 0.717) is 12.3 Å². The molecule has 1 aliphatic heterocycles. The minimum Gasteiger partial charge on any atom is -0.342 e. The van der Waals surface area contributed by atoms with Crippen LogP contribution in [0.5, 0.6) is 0 Å². The van der Waals surface area contributed by atoms with Crippen LogP contribution >= 0.6 is 23.1 Å². The second-order valence-electron chi connectivity index (χ2n) is 6.73. The van der Waals surface area contributed by atoms with Gasteiger partial charge in [0.15, 0.2) is 0 Å². The first-order valence-electron chi connectivity index (χ1n) is 8.04. The molecule has 23 heavy (non-hydrogen) atoms. The third-order valence-electron chi connectivity index (χ3n) is 4.40. The third-order valence-corrected chi connectivity index (χ3v) is 6.95. The number of carbonyl (C=O) groups excluding carboxylic acids is 2. The summed E-state index contributed by atoms with van der Waals surface area (Å²) in [6.45, 7) is 4.30. The maximum Gasteiger partial charge on any atom is 0.246 e. The van der Waals surface area contributed by atoms with Gasteiger partial charge in [-0.05, 0) is 39.5 Å². The Bertz CT molecular complexity index is 603. The summed E-state index contributed by atoms with van der Waals surface area (Å²) in [5.74, 6) is 0.524. The molecule has 2 aliphatic rings. The van der Waals surface area contributed by atoms with E-state index < -0.39 is 10.8 Å². The third kappa shape index (κ3) is 3.55. The Hall–Kier alpha value is -1.08. The molecule has 1 aromatic heterocycles. The molecule has 3 rings (SSSR count). The van der Waals surface area contributed by atoms with Crippen LogP contribution in [-0.2, 0) is 29.0 Å². The molecule has 0 saturated carbocycles. The summed E-state index contributed by atoms with van der Waals surface area (Å²) in [4.78, 5) is 32.4. The van der Waals surface area contributed by atoms with Gasteiger partial charge >= 0.3 is 0 Å². The number of likely N-dealkylation sites (N-methyl/N-ethyl adjacent to an activating group) is 1. The topological polar surface area (TPSA) is 62.3 Å². The molecule has 126 valence electrons. The zero-order valence-electron chi connectivity index (χ0n) is 13.8. The number of fused-ring (bicyclic) bond motifs is 1. The number of aryl methyl sites for hydroxylation is 2. The van der Waals surface area contributed by atoms with Gasteiger partial charge in [0.05, 0.1) is 17.0 Å². The molecule has 2 amide bonds. The van der Waals surface area contributed by atoms with Gasteiger partial charge in [0, 0.05) is 17.7 Å². The molecule has 1 aromatic rings. The molecule has 0 radical (unpaired) electrons. The van der Waals surface area contributed by atoms with Crippen molar-refractivity contribution in [3.05, 3.63) is 15.6 Å². The van der Waals surface area contributed by atoms with Gasteiger partial charge in [-0.25, -0.2) is 4.98 Å². The standard InChI is InChI=1S/C16H23N3O2S2/c1-16(2)15(21)18-11(9-22-16)14(20)19(3)8-13-17-10-6-4-5-7-12(10)23-13/h11H,4-9H2,1-3H3,(H,18,21). The molecular weight excluding hydrogens is 330 g/mol. The molecule has 1 fully saturated rings. The lowest BCUT2D eigenvalue weighted by Crippen LogP contribution is -2.57. The first-order chi connectivity index (χ1) is 10.9. The number of hydrogen-bond acceptors (Lipinski definition) is 5. The maximum atomic E-state index is 12.6. The van der Waals surface area contributed by atoms with Gasteiger partial charge < -0.3 is 10.2 Å². The smallest absolute Gasteiger partial charge is 0.246 e. The number of amides is 2. The number of aromatic nitrogens is 1. The van der Waals surface area contributed by atoms with Crippen molar-refractivity contribution >= 4 is 34.9 Å². The van der Waals surface area contributed by atoms with Gasteiger partial charge in [0.2, 0.25) is 11.8 Å². The molecule has 1 saturated heterocycles. The molecular formula is C16H23N3O2S2. The molecule has 2 heterocycles. The van der Waals surface area contributed by atoms with E-state index >= 15 is 0 Å². The maximum absolute atomic E-state index is 12.6. The number of rotatable bonds is 3. The summed E-state index contributed by atoms with van der Waals surface area (Å²) < 4.78 is -0.455. The number of nitrogens with one attached hydrogen (secondary N) is 1. The summed E-state index contributed by atoms with van der Waals surface area (Å²) >= 11 is 3.27. The van der Waals surface area contributed by atoms with E-state index in [4.69, 9.17) is 0 Å². The van der Waals surface area contributed by atoms with Gasteiger partial charge in [-0.15, -0.1) is 23.1 Å². The van der Waals surface area contributed by atoms with Crippen molar-refractivity contribution < 1.29 is 9.59 Å². The summed E-state index contributed by atoms with van der Waals surface area (Å²) in [6, 6.07) is -0.430. The second kappa shape index (κ2) is 6.43. The SMILES string of the molecule is CN(Cc1nc2c(s1)CCCC2)C(=O)C1CSC(C)(C)C(=O)N1. The predicted molar refractivity (Wildman–Crippen MR) is 93.7 cm³/mol. The highest BCUT2D eigenvalue weighted by molar-refractivity contribution is 8.01. The zero-order valence-corrected chi connectivity index (χ0v) is 15.5. The van der Waals surface area contributed by atoms with Gasteiger partial charge in [-0.1, -0.05) is 0 Å². The quantitative estimate of drug-likeness (QED) is 0.903. The Labute approximate surface area is 145 Å². The highest BCUT2D eigenvalue weighted by Gasteiger charge is 2.38. The Kier molecular flexibility index (Phi) is 4.69. The van der Waals surface area contributed by atoms with Crippen molar-refractivity contribution in [2.75, 3.05) is 12.8 Å². The van der Waals surface area contributed by atoms with E-state index in [0.717, 1.165) is 17.8 Å². The molecule has 1 aliphatic carbocycles. The molecule has 1 atom stereocenters. The van der Waals surface area contributed by atoms with Crippen LogP contribution in [0, 0.1) is 0 Å². The zero-order chi connectivity index (χ0) is 16.6. The fourth-order valence-electron chi connectivity index (χ4n) is 2.88. The van der Waals surface area contributed by atoms with Crippen molar-refractivity contribution in [1.82, 2.24) is 15.2 Å². The van der Waals surface area contributed by atoms with E-state index in [1.54, 1.807) is 23.3 Å². The van der Waals surface area contributed by atoms with Gasteiger partial charge in [0.1, 0.15) is 11.0 Å². The van der Waals surface area contributed by atoms with E-state index in [1.807, 2.05) is 13.8 Å². The van der Waals surface area contributed by atoms with Crippen molar-refractivity contribution in [2.24, 2.45) is 0 Å². The Morgan fingerprint density at radius 2 is 2.13 bits per heavy atom. The lowest BCUT2D eigenvalue weighted by atomic mass is 10.0. The molecule has 0 spiro atoms. The van der Waals surface area contributed by atoms with Crippen LogP contribution in [0.3, 0.4) is 0 Å². The number of thiazole rings is 1. The molecule has 5 nitrogen and oxygen atoms in total. The minimum atomic E-state index is -0.455. The first kappa shape index (κ1) is 16.8. The van der Waals surface area contributed by atoms with Crippen LogP contribution in [0.15, 0.2) is 0 Å². The van der Waals surface area contributed by atoms with Crippen LogP contribution in [0.4, 0.5) is 0 Å². The highest BCUT2D eigenvalue weighted by Crippen LogP contribution is 2.30. The monoisotopic (exact) mass is 353 g/mol. The van der Waals surface area contributed by atoms with Crippen molar-refractivity contribution in [2.45, 2.75) is 56.9 Å². The van der Waals surface area contributed by atoms with E-state index in [-0.39, 0.29) is 11.8 Å². The van der Waals surface area contributed by atoms with Crippen molar-refractivity contribution in [3.8, 4) is 0 Å². The lowest BCUT2D eigenvalue weighted by Gasteiger charge is -2.34. The van der Waals surface area contributed by atoms with E-state index in [1.165, 1.54) is 35.2 Å². The number of thioether (sulfide) groups is 1. The highest BCUT2D eigenvalue weighted by atomic mass is 32.2. The van der Waals surface area contributed by atoms with Gasteiger partial charge in [-0.3, -0.25) is 9.59 Å². The van der Waals surface area contributed by atoms with E-state index in [2.05, 4.69) is 10.3 Å². The number of carbonyl (C=O) groups is 2. The molecule has 0 bridgehead atoms. The van der Waals surface area contributed by atoms with Crippen molar-refractivity contribution in [3.63, 3.8) is 0 Å². The average Bonchev–Trinajstić information content (AvgIpc) is 2.91. The minimum absolute atomic E-state index is 0.0329. The summed E-state index contributed by atoms with van der Waals surface area (Å²) in [7, 11) is 1.79. The summed E-state index contributed by atoms with van der Waals surface area (Å²) in [5.41, 5.74) is 1.22. The lowest BCUT2D eigenvalue weighted by molar-refractivity contribution is -0.136. The Morgan fingerprint density at radius 1 is 1.39 bits per heavy atom. The number of nitrogens with zero attached hydrogens (tertiary/aromatic N) is 2. The Morgan fingerprint density at radius 3 is 2.83 bits per heavy atom. The molecule has 1 N–H and O–H groups in total. The van der Waals surface area contributed by atoms with Crippen LogP contribution in [0.2, 0.25) is 0 Å². The van der Waals surface area contributed by atoms with Gasteiger partial charge in [0.25, 0.3) is 0 Å². The average molecular weight is 354 g/mol. The molecule has 1 unspecified atom stereocenters. The predicted octanol–water partition coefficient (Wildman–Crippen LogP) is 1.99. The fraction of sp³-hybridized carbons (Fsp3) is 0.688.